The zero-order valence-corrected chi connectivity index (χ0v) is 32.2. The number of hydrogen-bond donors (Lipinski definition) is 0. The molecule has 0 aliphatic carbocycles. The molecule has 54 heavy (non-hydrogen) atoms. The minimum Gasteiger partial charge on any atom is -0.493 e. The number of carbonyl (C=O) groups excluding carboxylic acids is 1. The van der Waals surface area contributed by atoms with Crippen LogP contribution in [0.2, 0.25) is 5.02 Å². The molecule has 0 N–H and O–H groups in total. The molecule has 0 saturated heterocycles. The number of methoxy groups -OCH3 is 2. The van der Waals surface area contributed by atoms with Crippen molar-refractivity contribution < 1.29 is 28.1 Å². The zero-order valence-electron chi connectivity index (χ0n) is 31.4. The molecule has 5 heterocycles. The first kappa shape index (κ1) is 36.3. The van der Waals surface area contributed by atoms with Crippen molar-refractivity contribution in [1.29, 1.82) is 0 Å². The largest absolute Gasteiger partial charge is 0.493 e. The predicted molar refractivity (Wildman–Crippen MR) is 206 cm³/mol. The van der Waals surface area contributed by atoms with Crippen molar-refractivity contribution >= 4 is 39.2 Å². The first-order valence-electron chi connectivity index (χ1n) is 18.6. The van der Waals surface area contributed by atoms with E-state index in [4.69, 9.17) is 40.7 Å². The standard InChI is InChI=1S/C42H45ClFN5O5/c1-25-36-34-12-11-33(43)38(36)37-26(2)45-49-17-20-54-42(3,40(37)49)14-13-30-24-31(48(46-30)16-19-51-4)9-7-27-21-28-23-29(44)8-10-32(28)35(22-27)53-18-6-15-47(34)39(25)41(50)52-5/h8,10-12,21-24H,6-7,9,13-20H2,1-5H3/t42-/m0/s1. The predicted octanol–water partition coefficient (Wildman–Crippen LogP) is 8.14. The van der Waals surface area contributed by atoms with Gasteiger partial charge in [-0.2, -0.15) is 10.2 Å². The van der Waals surface area contributed by atoms with E-state index in [-0.39, 0.29) is 5.82 Å². The Labute approximate surface area is 318 Å². The third-order valence-corrected chi connectivity index (χ3v) is 11.4. The summed E-state index contributed by atoms with van der Waals surface area (Å²) in [6.45, 7) is 9.26. The highest BCUT2D eigenvalue weighted by atomic mass is 35.5. The van der Waals surface area contributed by atoms with Gasteiger partial charge >= 0.3 is 5.97 Å². The molecule has 2 aliphatic rings. The van der Waals surface area contributed by atoms with Crippen molar-refractivity contribution in [3.8, 4) is 16.9 Å². The highest BCUT2D eigenvalue weighted by Crippen LogP contribution is 2.47. The number of nitrogens with zero attached hydrogens (tertiary/aromatic N) is 5. The molecule has 10 nitrogen and oxygen atoms in total. The summed E-state index contributed by atoms with van der Waals surface area (Å²) in [4.78, 5) is 13.5. The Hall–Kier alpha value is -4.71. The van der Waals surface area contributed by atoms with Crippen molar-refractivity contribution in [2.75, 3.05) is 34.0 Å². The lowest BCUT2D eigenvalue weighted by Gasteiger charge is -2.36. The molecule has 6 aromatic rings. The fourth-order valence-corrected chi connectivity index (χ4v) is 8.78. The van der Waals surface area contributed by atoms with Gasteiger partial charge in [-0.05, 0) is 112 Å². The third-order valence-electron chi connectivity index (χ3n) is 11.1. The molecule has 3 aromatic carbocycles. The second-order valence-corrected chi connectivity index (χ2v) is 15.0. The summed E-state index contributed by atoms with van der Waals surface area (Å²) in [5.74, 6) is -0.0219. The van der Waals surface area contributed by atoms with Gasteiger partial charge in [0.25, 0.3) is 0 Å². The van der Waals surface area contributed by atoms with Gasteiger partial charge < -0.3 is 23.5 Å². The Bertz CT molecular complexity index is 2410. The van der Waals surface area contributed by atoms with Gasteiger partial charge in [0.2, 0.25) is 0 Å². The van der Waals surface area contributed by atoms with E-state index < -0.39 is 11.6 Å². The molecule has 1 atom stereocenters. The monoisotopic (exact) mass is 753 g/mol. The molecule has 2 aliphatic heterocycles. The van der Waals surface area contributed by atoms with Crippen molar-refractivity contribution in [3.63, 3.8) is 0 Å². The van der Waals surface area contributed by atoms with E-state index in [0.29, 0.717) is 81.6 Å². The number of aryl methyl sites for hydroxylation is 6. The fraction of sp³-hybridized carbons (Fsp3) is 0.405. The van der Waals surface area contributed by atoms with Gasteiger partial charge in [-0.3, -0.25) is 9.36 Å². The summed E-state index contributed by atoms with van der Waals surface area (Å²) in [5.41, 5.74) is 8.09. The smallest absolute Gasteiger partial charge is 0.354 e. The molecule has 0 unspecified atom stereocenters. The molecule has 0 saturated carbocycles. The SMILES string of the molecule is COCCn1nc2cc1CCc1cc(c3ccc(F)cc3c1)OCCCn1c(C(=O)OC)c(C)c3c(c(Cl)ccc31)-c1c(C)nn3c1[C@](C)(CC2)OCC3. The van der Waals surface area contributed by atoms with Gasteiger partial charge in [-0.15, -0.1) is 0 Å². The Morgan fingerprint density at radius 1 is 1.00 bits per heavy atom. The first-order chi connectivity index (χ1) is 26.1. The lowest BCUT2D eigenvalue weighted by molar-refractivity contribution is -0.0719. The van der Waals surface area contributed by atoms with Gasteiger partial charge in [0.05, 0.1) is 57.1 Å². The minimum absolute atomic E-state index is 0.296. The molecule has 12 heteroatoms. The number of fused-ring (bicyclic) bond motifs is 7. The van der Waals surface area contributed by atoms with Crippen LogP contribution in [-0.2, 0) is 58.7 Å². The molecule has 8 rings (SSSR count). The topological polar surface area (TPSA) is 94.6 Å². The van der Waals surface area contributed by atoms with Crippen molar-refractivity contribution in [3.05, 3.63) is 99.0 Å². The number of ether oxygens (including phenoxy) is 4. The maximum absolute atomic E-state index is 14.5. The number of esters is 1. The number of carbonyl (C=O) groups is 1. The summed E-state index contributed by atoms with van der Waals surface area (Å²) in [5, 5.41) is 13.2. The van der Waals surface area contributed by atoms with Crippen LogP contribution in [0.25, 0.3) is 32.8 Å². The van der Waals surface area contributed by atoms with Crippen LogP contribution in [0.1, 0.15) is 64.2 Å². The van der Waals surface area contributed by atoms with Crippen LogP contribution < -0.4 is 4.74 Å². The zero-order chi connectivity index (χ0) is 37.7. The quantitative estimate of drug-likeness (QED) is 0.168. The average molecular weight is 754 g/mol. The fourth-order valence-electron chi connectivity index (χ4n) is 8.53. The van der Waals surface area contributed by atoms with Crippen molar-refractivity contribution in [2.24, 2.45) is 0 Å². The summed E-state index contributed by atoms with van der Waals surface area (Å²) in [6, 6.07) is 15.0. The highest BCUT2D eigenvalue weighted by molar-refractivity contribution is 6.35. The summed E-state index contributed by atoms with van der Waals surface area (Å²) >= 11 is 7.19. The van der Waals surface area contributed by atoms with Crippen LogP contribution in [0.4, 0.5) is 4.39 Å². The van der Waals surface area contributed by atoms with Gasteiger partial charge in [0.15, 0.2) is 0 Å². The number of benzene rings is 3. The Balaban J connectivity index is 1.30. The second-order valence-electron chi connectivity index (χ2n) is 14.5. The molecule has 8 bridgehead atoms. The Kier molecular flexibility index (Phi) is 9.74. The van der Waals surface area contributed by atoms with Crippen LogP contribution in [0.15, 0.2) is 48.5 Å². The average Bonchev–Trinajstić information content (AvgIpc) is 3.80. The van der Waals surface area contributed by atoms with Crippen molar-refractivity contribution in [2.45, 2.75) is 78.1 Å². The molecule has 3 aromatic heterocycles. The lowest BCUT2D eigenvalue weighted by atomic mass is 9.86. The summed E-state index contributed by atoms with van der Waals surface area (Å²) < 4.78 is 44.6. The molecular weight excluding hydrogens is 709 g/mol. The minimum atomic E-state index is -0.703. The molecular formula is C42H45ClFN5O5. The number of hydrogen-bond acceptors (Lipinski definition) is 7. The Morgan fingerprint density at radius 3 is 2.67 bits per heavy atom. The summed E-state index contributed by atoms with van der Waals surface area (Å²) in [6.07, 6.45) is 3.36. The molecule has 282 valence electrons. The van der Waals surface area contributed by atoms with Crippen LogP contribution in [0.5, 0.6) is 5.75 Å². The van der Waals surface area contributed by atoms with Gasteiger partial charge in [-0.1, -0.05) is 17.7 Å². The number of aromatic nitrogens is 5. The van der Waals surface area contributed by atoms with Gasteiger partial charge in [0, 0.05) is 51.8 Å². The molecule has 0 spiro atoms. The van der Waals surface area contributed by atoms with Gasteiger partial charge in [0.1, 0.15) is 22.9 Å². The van der Waals surface area contributed by atoms with E-state index in [1.54, 1.807) is 19.2 Å². The molecule has 0 amide bonds. The molecule has 0 fully saturated rings. The van der Waals surface area contributed by atoms with Crippen LogP contribution in [-0.4, -0.2) is 64.1 Å². The van der Waals surface area contributed by atoms with E-state index in [0.717, 1.165) is 73.1 Å². The highest BCUT2D eigenvalue weighted by Gasteiger charge is 2.40. The second kappa shape index (κ2) is 14.5. The molecule has 0 radical (unpaired) electrons. The van der Waals surface area contributed by atoms with E-state index in [1.165, 1.54) is 13.2 Å². The maximum atomic E-state index is 14.5. The normalized spacial score (nSPS) is 17.7. The van der Waals surface area contributed by atoms with E-state index >= 15 is 0 Å². The van der Waals surface area contributed by atoms with Gasteiger partial charge in [-0.25, -0.2) is 9.18 Å². The number of halogens is 2. The lowest BCUT2D eigenvalue weighted by Crippen LogP contribution is -2.37. The van der Waals surface area contributed by atoms with Crippen molar-refractivity contribution in [1.82, 2.24) is 24.1 Å². The number of rotatable bonds is 4. The van der Waals surface area contributed by atoms with E-state index in [1.807, 2.05) is 41.3 Å². The third kappa shape index (κ3) is 6.35. The summed E-state index contributed by atoms with van der Waals surface area (Å²) in [7, 11) is 3.10. The first-order valence-corrected chi connectivity index (χ1v) is 19.0. The Morgan fingerprint density at radius 2 is 1.85 bits per heavy atom. The van der Waals surface area contributed by atoms with E-state index in [2.05, 4.69) is 23.7 Å². The van der Waals surface area contributed by atoms with Crippen LogP contribution in [0, 0.1) is 19.7 Å². The van der Waals surface area contributed by atoms with Crippen LogP contribution >= 0.6 is 11.6 Å². The van der Waals surface area contributed by atoms with Crippen LogP contribution in [0.3, 0.4) is 0 Å². The maximum Gasteiger partial charge on any atom is 0.354 e. The van der Waals surface area contributed by atoms with E-state index in [9.17, 15) is 9.18 Å².